The van der Waals surface area contributed by atoms with Crippen LogP contribution in [-0.4, -0.2) is 30.9 Å². The van der Waals surface area contributed by atoms with Crippen molar-refractivity contribution < 1.29 is 19.1 Å². The highest BCUT2D eigenvalue weighted by Gasteiger charge is 2.12. The molecule has 0 spiro atoms. The van der Waals surface area contributed by atoms with Gasteiger partial charge >= 0.3 is 5.97 Å². The van der Waals surface area contributed by atoms with Crippen molar-refractivity contribution in [2.75, 3.05) is 18.5 Å². The first-order valence-electron chi connectivity index (χ1n) is 7.82. The molecule has 2 rings (SSSR count). The normalized spacial score (nSPS) is 10.0. The van der Waals surface area contributed by atoms with Crippen molar-refractivity contribution in [3.63, 3.8) is 0 Å². The maximum atomic E-state index is 11.9. The molecule has 0 saturated heterocycles. The molecule has 25 heavy (non-hydrogen) atoms. The summed E-state index contributed by atoms with van der Waals surface area (Å²) in [6, 6.07) is 14.1. The van der Waals surface area contributed by atoms with Gasteiger partial charge in [-0.05, 0) is 37.1 Å². The van der Waals surface area contributed by atoms with E-state index in [2.05, 4.69) is 10.6 Å². The smallest absolute Gasteiger partial charge is 0.338 e. The van der Waals surface area contributed by atoms with Crippen LogP contribution in [0.25, 0.3) is 0 Å². The van der Waals surface area contributed by atoms with Crippen molar-refractivity contribution in [2.45, 2.75) is 13.8 Å². The Morgan fingerprint density at radius 2 is 1.52 bits per heavy atom. The molecule has 2 N–H and O–H groups in total. The first-order valence-corrected chi connectivity index (χ1v) is 7.82. The fraction of sp³-hybridized carbons (Fsp3) is 0.211. The maximum Gasteiger partial charge on any atom is 0.338 e. The number of ether oxygens (including phenoxy) is 1. The average Bonchev–Trinajstić information content (AvgIpc) is 2.62. The van der Waals surface area contributed by atoms with Gasteiger partial charge in [0, 0.05) is 5.69 Å². The van der Waals surface area contributed by atoms with Gasteiger partial charge in [0.25, 0.3) is 5.91 Å². The minimum atomic E-state index is -0.587. The number of anilines is 1. The third-order valence-electron chi connectivity index (χ3n) is 3.54. The van der Waals surface area contributed by atoms with Crippen LogP contribution in [0.15, 0.2) is 48.5 Å². The van der Waals surface area contributed by atoms with Gasteiger partial charge in [0.15, 0.2) is 6.61 Å². The number of esters is 1. The van der Waals surface area contributed by atoms with E-state index in [-0.39, 0.29) is 12.5 Å². The predicted octanol–water partition coefficient (Wildman–Crippen LogP) is 2.22. The van der Waals surface area contributed by atoms with E-state index in [9.17, 15) is 14.4 Å². The zero-order chi connectivity index (χ0) is 18.2. The number of carbonyl (C=O) groups excluding carboxylic acids is 3. The molecular weight excluding hydrogens is 320 g/mol. The van der Waals surface area contributed by atoms with E-state index in [0.29, 0.717) is 5.56 Å². The largest absolute Gasteiger partial charge is 0.452 e. The zero-order valence-electron chi connectivity index (χ0n) is 14.2. The summed E-state index contributed by atoms with van der Waals surface area (Å²) in [5, 5.41) is 5.18. The summed E-state index contributed by atoms with van der Waals surface area (Å²) in [5.74, 6) is -1.48. The van der Waals surface area contributed by atoms with Gasteiger partial charge in [-0.2, -0.15) is 0 Å². The molecule has 0 aromatic heterocycles. The molecule has 0 aliphatic carbocycles. The Morgan fingerprint density at radius 3 is 2.16 bits per heavy atom. The molecular formula is C19H20N2O4. The van der Waals surface area contributed by atoms with E-state index in [1.165, 1.54) is 0 Å². The lowest BCUT2D eigenvalue weighted by Gasteiger charge is -2.12. The molecule has 0 heterocycles. The number of hydrogen-bond donors (Lipinski definition) is 2. The summed E-state index contributed by atoms with van der Waals surface area (Å²) < 4.78 is 4.90. The van der Waals surface area contributed by atoms with E-state index in [1.54, 1.807) is 30.3 Å². The highest BCUT2D eigenvalue weighted by molar-refractivity contribution is 5.96. The number of amides is 2. The summed E-state index contributed by atoms with van der Waals surface area (Å²) >= 11 is 0. The van der Waals surface area contributed by atoms with Gasteiger partial charge in [0.05, 0.1) is 12.1 Å². The molecule has 0 unspecified atom stereocenters. The number of rotatable bonds is 6. The summed E-state index contributed by atoms with van der Waals surface area (Å²) in [5.41, 5.74) is 2.98. The van der Waals surface area contributed by atoms with Gasteiger partial charge in [-0.25, -0.2) is 4.79 Å². The van der Waals surface area contributed by atoms with Crippen molar-refractivity contribution >= 4 is 23.5 Å². The highest BCUT2D eigenvalue weighted by atomic mass is 16.5. The Balaban J connectivity index is 1.76. The Hall–Kier alpha value is -3.15. The van der Waals surface area contributed by atoms with Gasteiger partial charge < -0.3 is 15.4 Å². The van der Waals surface area contributed by atoms with E-state index >= 15 is 0 Å². The second-order valence-corrected chi connectivity index (χ2v) is 5.53. The predicted molar refractivity (Wildman–Crippen MR) is 94.3 cm³/mol. The first kappa shape index (κ1) is 18.2. The Kier molecular flexibility index (Phi) is 6.28. The summed E-state index contributed by atoms with van der Waals surface area (Å²) in [4.78, 5) is 35.4. The lowest BCUT2D eigenvalue weighted by molar-refractivity contribution is -0.126. The highest BCUT2D eigenvalue weighted by Crippen LogP contribution is 2.18. The second-order valence-electron chi connectivity index (χ2n) is 5.53. The van der Waals surface area contributed by atoms with Crippen LogP contribution in [-0.2, 0) is 14.3 Å². The van der Waals surface area contributed by atoms with Crippen molar-refractivity contribution in [3.05, 3.63) is 65.2 Å². The van der Waals surface area contributed by atoms with E-state index < -0.39 is 18.5 Å². The van der Waals surface area contributed by atoms with Crippen LogP contribution in [0.3, 0.4) is 0 Å². The maximum absolute atomic E-state index is 11.9. The molecule has 130 valence electrons. The Bertz CT molecular complexity index is 752. The van der Waals surface area contributed by atoms with E-state index in [0.717, 1.165) is 16.8 Å². The van der Waals surface area contributed by atoms with Crippen molar-refractivity contribution in [3.8, 4) is 0 Å². The number of benzene rings is 2. The summed E-state index contributed by atoms with van der Waals surface area (Å²) in [6.07, 6.45) is 0. The summed E-state index contributed by atoms with van der Waals surface area (Å²) in [6.45, 7) is 3.15. The molecule has 2 aromatic rings. The molecule has 0 aliphatic heterocycles. The number of aryl methyl sites for hydroxylation is 2. The van der Waals surface area contributed by atoms with Crippen molar-refractivity contribution in [1.82, 2.24) is 5.32 Å². The van der Waals surface area contributed by atoms with Crippen LogP contribution in [0.5, 0.6) is 0 Å². The molecule has 6 nitrogen and oxygen atoms in total. The molecule has 0 fully saturated rings. The van der Waals surface area contributed by atoms with Crippen LogP contribution < -0.4 is 10.6 Å². The van der Waals surface area contributed by atoms with Gasteiger partial charge in [-0.3, -0.25) is 9.59 Å². The average molecular weight is 340 g/mol. The molecule has 0 aliphatic rings. The Morgan fingerprint density at radius 1 is 0.880 bits per heavy atom. The van der Waals surface area contributed by atoms with Gasteiger partial charge in [0.2, 0.25) is 5.91 Å². The van der Waals surface area contributed by atoms with Crippen LogP contribution >= 0.6 is 0 Å². The fourth-order valence-corrected chi connectivity index (χ4v) is 2.21. The molecule has 0 saturated carbocycles. The molecule has 2 aromatic carbocycles. The van der Waals surface area contributed by atoms with Gasteiger partial charge in [-0.15, -0.1) is 0 Å². The molecule has 0 atom stereocenters. The quantitative estimate of drug-likeness (QED) is 0.790. The molecule has 0 radical (unpaired) electrons. The molecule has 2 amide bonds. The monoisotopic (exact) mass is 340 g/mol. The minimum absolute atomic E-state index is 0.199. The minimum Gasteiger partial charge on any atom is -0.452 e. The number of nitrogens with one attached hydrogen (secondary N) is 2. The van der Waals surface area contributed by atoms with E-state index in [1.807, 2.05) is 32.0 Å². The van der Waals surface area contributed by atoms with Crippen LogP contribution in [0.2, 0.25) is 0 Å². The number of carbonyl (C=O) groups is 3. The van der Waals surface area contributed by atoms with Gasteiger partial charge in [0.1, 0.15) is 0 Å². The number of hydrogen-bond acceptors (Lipinski definition) is 4. The molecule has 6 heteroatoms. The summed E-state index contributed by atoms with van der Waals surface area (Å²) in [7, 11) is 0. The van der Waals surface area contributed by atoms with Crippen LogP contribution in [0, 0.1) is 13.8 Å². The van der Waals surface area contributed by atoms with Crippen LogP contribution in [0.1, 0.15) is 21.5 Å². The third kappa shape index (κ3) is 5.46. The molecule has 0 bridgehead atoms. The standard InChI is InChI=1S/C19H20N2O4/c1-13-7-6-8-14(2)18(13)21-16(22)11-20-17(23)12-25-19(24)15-9-4-3-5-10-15/h3-10H,11-12H2,1-2H3,(H,20,23)(H,21,22). The zero-order valence-corrected chi connectivity index (χ0v) is 14.2. The first-order chi connectivity index (χ1) is 12.0. The lowest BCUT2D eigenvalue weighted by atomic mass is 10.1. The SMILES string of the molecule is Cc1cccc(C)c1NC(=O)CNC(=O)COC(=O)c1ccccc1. The van der Waals surface area contributed by atoms with Crippen molar-refractivity contribution in [2.24, 2.45) is 0 Å². The van der Waals surface area contributed by atoms with Gasteiger partial charge in [-0.1, -0.05) is 36.4 Å². The fourth-order valence-electron chi connectivity index (χ4n) is 2.21. The number of para-hydroxylation sites is 1. The Labute approximate surface area is 146 Å². The lowest BCUT2D eigenvalue weighted by Crippen LogP contribution is -2.35. The third-order valence-corrected chi connectivity index (χ3v) is 3.54. The van der Waals surface area contributed by atoms with Crippen LogP contribution in [0.4, 0.5) is 5.69 Å². The van der Waals surface area contributed by atoms with E-state index in [4.69, 9.17) is 4.74 Å². The topological polar surface area (TPSA) is 84.5 Å². The second kappa shape index (κ2) is 8.63. The van der Waals surface area contributed by atoms with Crippen molar-refractivity contribution in [1.29, 1.82) is 0 Å².